The van der Waals surface area contributed by atoms with E-state index in [1.165, 1.54) is 25.7 Å². The summed E-state index contributed by atoms with van der Waals surface area (Å²) in [6.45, 7) is 6.77. The maximum absolute atomic E-state index is 11.5. The summed E-state index contributed by atoms with van der Waals surface area (Å²) in [4.78, 5) is 11.5. The van der Waals surface area contributed by atoms with E-state index in [2.05, 4.69) is 31.4 Å². The number of carbonyl (C=O) groups is 1. The summed E-state index contributed by atoms with van der Waals surface area (Å²) in [5, 5.41) is 6.32. The van der Waals surface area contributed by atoms with Gasteiger partial charge in [0.2, 0.25) is 5.91 Å². The Morgan fingerprint density at radius 3 is 2.40 bits per heavy atom. The molecule has 1 unspecified atom stereocenters. The highest BCUT2D eigenvalue weighted by molar-refractivity contribution is 5.78. The van der Waals surface area contributed by atoms with E-state index in [0.29, 0.717) is 18.5 Å². The predicted molar refractivity (Wildman–Crippen MR) is 62.7 cm³/mol. The molecule has 0 aromatic rings. The smallest absolute Gasteiger partial charge is 0.234 e. The highest BCUT2D eigenvalue weighted by Crippen LogP contribution is 2.17. The Morgan fingerprint density at radius 2 is 1.87 bits per heavy atom. The van der Waals surface area contributed by atoms with Crippen LogP contribution in [0.5, 0.6) is 0 Å². The fourth-order valence-electron chi connectivity index (χ4n) is 1.84. The highest BCUT2D eigenvalue weighted by Gasteiger charge is 2.16. The maximum atomic E-state index is 11.5. The molecule has 1 fully saturated rings. The molecular weight excluding hydrogens is 188 g/mol. The van der Waals surface area contributed by atoms with Crippen LogP contribution in [0.3, 0.4) is 0 Å². The molecule has 0 aromatic carbocycles. The summed E-state index contributed by atoms with van der Waals surface area (Å²) in [6.07, 6.45) is 5.07. The summed E-state index contributed by atoms with van der Waals surface area (Å²) in [6, 6.07) is 0.841. The van der Waals surface area contributed by atoms with Crippen LogP contribution in [0.1, 0.15) is 46.5 Å². The van der Waals surface area contributed by atoms with E-state index in [-0.39, 0.29) is 11.9 Å². The molecule has 3 nitrogen and oxygen atoms in total. The van der Waals surface area contributed by atoms with Crippen LogP contribution in [0.15, 0.2) is 0 Å². The Labute approximate surface area is 93.0 Å². The Morgan fingerprint density at radius 1 is 1.27 bits per heavy atom. The van der Waals surface area contributed by atoms with Gasteiger partial charge in [0.25, 0.3) is 0 Å². The summed E-state index contributed by atoms with van der Waals surface area (Å²) >= 11 is 0. The molecule has 1 saturated carbocycles. The van der Waals surface area contributed by atoms with E-state index in [1.54, 1.807) is 0 Å². The summed E-state index contributed by atoms with van der Waals surface area (Å²) in [5.74, 6) is 0.628. The number of hydrogen-bond acceptors (Lipinski definition) is 2. The van der Waals surface area contributed by atoms with Crippen molar-refractivity contribution in [3.63, 3.8) is 0 Å². The van der Waals surface area contributed by atoms with E-state index < -0.39 is 0 Å². The van der Waals surface area contributed by atoms with Crippen LogP contribution in [0.4, 0.5) is 0 Å². The van der Waals surface area contributed by atoms with E-state index in [9.17, 15) is 4.79 Å². The van der Waals surface area contributed by atoms with Crippen molar-refractivity contribution in [2.75, 3.05) is 6.54 Å². The summed E-state index contributed by atoms with van der Waals surface area (Å²) in [7, 11) is 0. The topological polar surface area (TPSA) is 41.1 Å². The van der Waals surface area contributed by atoms with Crippen molar-refractivity contribution in [1.29, 1.82) is 0 Å². The average molecular weight is 212 g/mol. The van der Waals surface area contributed by atoms with Crippen molar-refractivity contribution in [3.05, 3.63) is 0 Å². The SMILES string of the molecule is CC(C)C(C)NC(=O)CNC1CCCC1. The van der Waals surface area contributed by atoms with E-state index in [4.69, 9.17) is 0 Å². The standard InChI is InChI=1S/C12H24N2O/c1-9(2)10(3)14-12(15)8-13-11-6-4-5-7-11/h9-11,13H,4-8H2,1-3H3,(H,14,15). The normalized spacial score (nSPS) is 19.5. The molecular formula is C12H24N2O. The molecule has 1 aliphatic rings. The second-order valence-corrected chi connectivity index (χ2v) is 4.96. The molecule has 0 radical (unpaired) electrons. The van der Waals surface area contributed by atoms with Crippen molar-refractivity contribution < 1.29 is 4.79 Å². The van der Waals surface area contributed by atoms with Crippen LogP contribution in [0.25, 0.3) is 0 Å². The Hall–Kier alpha value is -0.570. The molecule has 1 amide bonds. The van der Waals surface area contributed by atoms with Gasteiger partial charge in [-0.2, -0.15) is 0 Å². The van der Waals surface area contributed by atoms with Crippen LogP contribution >= 0.6 is 0 Å². The van der Waals surface area contributed by atoms with Crippen molar-refractivity contribution in [2.45, 2.75) is 58.5 Å². The monoisotopic (exact) mass is 212 g/mol. The summed E-state index contributed by atoms with van der Waals surface area (Å²) in [5.41, 5.74) is 0. The van der Waals surface area contributed by atoms with Crippen molar-refractivity contribution >= 4 is 5.91 Å². The van der Waals surface area contributed by atoms with Gasteiger partial charge in [-0.15, -0.1) is 0 Å². The van der Waals surface area contributed by atoms with E-state index >= 15 is 0 Å². The molecule has 3 heteroatoms. The molecule has 0 spiro atoms. The number of rotatable bonds is 5. The molecule has 15 heavy (non-hydrogen) atoms. The van der Waals surface area contributed by atoms with Gasteiger partial charge in [0.1, 0.15) is 0 Å². The van der Waals surface area contributed by atoms with Crippen LogP contribution < -0.4 is 10.6 Å². The van der Waals surface area contributed by atoms with Gasteiger partial charge in [0.15, 0.2) is 0 Å². The van der Waals surface area contributed by atoms with Crippen LogP contribution in [-0.4, -0.2) is 24.5 Å². The molecule has 0 heterocycles. The zero-order valence-corrected chi connectivity index (χ0v) is 10.2. The van der Waals surface area contributed by atoms with Crippen LogP contribution in [-0.2, 0) is 4.79 Å². The zero-order chi connectivity index (χ0) is 11.3. The first-order valence-electron chi connectivity index (χ1n) is 6.12. The minimum atomic E-state index is 0.128. The lowest BCUT2D eigenvalue weighted by molar-refractivity contribution is -0.121. The maximum Gasteiger partial charge on any atom is 0.234 e. The van der Waals surface area contributed by atoms with Gasteiger partial charge in [0, 0.05) is 12.1 Å². The lowest BCUT2D eigenvalue weighted by atomic mass is 10.1. The first-order chi connectivity index (χ1) is 7.09. The molecule has 0 aromatic heterocycles. The van der Waals surface area contributed by atoms with Gasteiger partial charge in [-0.25, -0.2) is 0 Å². The number of hydrogen-bond donors (Lipinski definition) is 2. The lowest BCUT2D eigenvalue weighted by Gasteiger charge is -2.18. The van der Waals surface area contributed by atoms with Gasteiger partial charge >= 0.3 is 0 Å². The fourth-order valence-corrected chi connectivity index (χ4v) is 1.84. The van der Waals surface area contributed by atoms with Crippen molar-refractivity contribution in [3.8, 4) is 0 Å². The Kier molecular flexibility index (Phi) is 5.09. The van der Waals surface area contributed by atoms with Gasteiger partial charge in [-0.3, -0.25) is 4.79 Å². The average Bonchev–Trinajstić information content (AvgIpc) is 2.66. The highest BCUT2D eigenvalue weighted by atomic mass is 16.1. The predicted octanol–water partition coefficient (Wildman–Crippen LogP) is 1.68. The van der Waals surface area contributed by atoms with Gasteiger partial charge in [-0.05, 0) is 25.7 Å². The molecule has 2 N–H and O–H groups in total. The summed E-state index contributed by atoms with van der Waals surface area (Å²) < 4.78 is 0. The third kappa shape index (κ3) is 4.65. The fraction of sp³-hybridized carbons (Fsp3) is 0.917. The zero-order valence-electron chi connectivity index (χ0n) is 10.2. The van der Waals surface area contributed by atoms with Gasteiger partial charge in [-0.1, -0.05) is 26.7 Å². The van der Waals surface area contributed by atoms with E-state index in [1.807, 2.05) is 0 Å². The number of nitrogens with one attached hydrogen (secondary N) is 2. The lowest BCUT2D eigenvalue weighted by Crippen LogP contribution is -2.43. The first kappa shape index (κ1) is 12.5. The Bertz CT molecular complexity index is 198. The second kappa shape index (κ2) is 6.11. The van der Waals surface area contributed by atoms with Crippen LogP contribution in [0.2, 0.25) is 0 Å². The van der Waals surface area contributed by atoms with Gasteiger partial charge in [0.05, 0.1) is 6.54 Å². The minimum Gasteiger partial charge on any atom is -0.352 e. The number of amides is 1. The molecule has 0 saturated heterocycles. The molecule has 0 aliphatic heterocycles. The van der Waals surface area contributed by atoms with Crippen LogP contribution in [0, 0.1) is 5.92 Å². The minimum absolute atomic E-state index is 0.128. The van der Waals surface area contributed by atoms with E-state index in [0.717, 1.165) is 0 Å². The molecule has 1 aliphatic carbocycles. The largest absolute Gasteiger partial charge is 0.352 e. The third-order valence-corrected chi connectivity index (χ3v) is 3.30. The van der Waals surface area contributed by atoms with Gasteiger partial charge < -0.3 is 10.6 Å². The molecule has 1 rings (SSSR count). The molecule has 88 valence electrons. The quantitative estimate of drug-likeness (QED) is 0.728. The Balaban J connectivity index is 2.12. The van der Waals surface area contributed by atoms with Crippen molar-refractivity contribution in [2.24, 2.45) is 5.92 Å². The van der Waals surface area contributed by atoms with Crippen molar-refractivity contribution in [1.82, 2.24) is 10.6 Å². The number of carbonyl (C=O) groups excluding carboxylic acids is 1. The second-order valence-electron chi connectivity index (χ2n) is 4.96. The molecule has 1 atom stereocenters. The molecule has 0 bridgehead atoms. The first-order valence-corrected chi connectivity index (χ1v) is 6.12. The third-order valence-electron chi connectivity index (χ3n) is 3.30.